The third-order valence-corrected chi connectivity index (χ3v) is 21.8. The van der Waals surface area contributed by atoms with Gasteiger partial charge in [-0.05, 0) is 224 Å². The lowest BCUT2D eigenvalue weighted by Gasteiger charge is -2.18. The third kappa shape index (κ3) is 10.4. The van der Waals surface area contributed by atoms with Crippen LogP contribution in [-0.2, 0) is 0 Å². The fourth-order valence-corrected chi connectivity index (χ4v) is 17.4. The summed E-state index contributed by atoms with van der Waals surface area (Å²) < 4.78 is 86.8. The van der Waals surface area contributed by atoms with Gasteiger partial charge in [-0.25, -0.2) is 0 Å². The molecule has 0 atom stereocenters. The Labute approximate surface area is 536 Å². The number of hydrogen-bond acceptors (Lipinski definition) is 12. The van der Waals surface area contributed by atoms with Crippen LogP contribution in [0.4, 0.5) is 0 Å². The van der Waals surface area contributed by atoms with Crippen molar-refractivity contribution in [3.05, 3.63) is 222 Å². The first-order valence-corrected chi connectivity index (χ1v) is 35.0. The van der Waals surface area contributed by atoms with Gasteiger partial charge in [0, 0.05) is 43.1 Å². The van der Waals surface area contributed by atoms with Gasteiger partial charge in [-0.3, -0.25) is 0 Å². The summed E-state index contributed by atoms with van der Waals surface area (Å²) in [7, 11) is -9.28. The van der Waals surface area contributed by atoms with Crippen molar-refractivity contribution in [2.75, 3.05) is 0 Å². The standard InChI is InChI=1S/C76H70O12P4/c1-39-23-31-47(9)69-59(39)60-40(2)24-32-48(10)70(60)82-89(81-69)77-55-19-17-20-56(78-90-83-71-49(11)33-25-41(3)61(71)62-42(4)26-34-50(12)72(62)84-90)67(55)68-57(79-91-85-73-51(13)35-27-43(5)63(73)64-44(6)28-36-52(14)74(64)86-91)21-18-22-58(68)80-92-87-75-53(15)37-29-45(7)65(75)66-46(8)30-38-54(16)76(66)88-92/h17-38H,1-16H3. The molecule has 0 bridgehead atoms. The molecule has 12 nitrogen and oxygen atoms in total. The molecule has 0 saturated heterocycles. The highest BCUT2D eigenvalue weighted by Gasteiger charge is 2.30. The molecule has 0 radical (unpaired) electrons. The summed E-state index contributed by atoms with van der Waals surface area (Å²) in [6.45, 7) is 33.1. The fraction of sp³-hybridized carbons (Fsp3) is 0.211. The predicted octanol–water partition coefficient (Wildman–Crippen LogP) is 26.1. The molecule has 0 N–H and O–H groups in total. The number of aryl methyl sites for hydroxylation is 16. The molecular formula is C76H70O12P4. The molecule has 0 aliphatic heterocycles. The maximum atomic E-state index is 7.43. The molecule has 0 aliphatic rings. The van der Waals surface area contributed by atoms with Gasteiger partial charge >= 0.3 is 33.0 Å². The van der Waals surface area contributed by atoms with E-state index in [0.717, 1.165) is 132 Å². The molecule has 14 rings (SSSR count). The minimum absolute atomic E-state index is 0.285. The highest BCUT2D eigenvalue weighted by Crippen LogP contribution is 2.56. The highest BCUT2D eigenvalue weighted by molar-refractivity contribution is 7.33. The van der Waals surface area contributed by atoms with Crippen LogP contribution in [-0.4, -0.2) is 0 Å². The van der Waals surface area contributed by atoms with Crippen molar-refractivity contribution in [3.8, 4) is 34.1 Å². The summed E-state index contributed by atoms with van der Waals surface area (Å²) in [6.07, 6.45) is 0. The molecule has 10 aromatic carbocycles. The lowest BCUT2D eigenvalue weighted by molar-refractivity contribution is 0.476. The molecule has 0 fully saturated rings. The van der Waals surface area contributed by atoms with E-state index in [1.807, 2.05) is 91.8 Å². The Balaban J connectivity index is 1.11. The van der Waals surface area contributed by atoms with E-state index in [1.54, 1.807) is 0 Å². The maximum absolute atomic E-state index is 7.43. The van der Waals surface area contributed by atoms with Crippen molar-refractivity contribution in [1.82, 2.24) is 0 Å². The zero-order valence-electron chi connectivity index (χ0n) is 54.4. The van der Waals surface area contributed by atoms with Gasteiger partial charge in [0.25, 0.3) is 0 Å². The SMILES string of the molecule is Cc1ccc(C)c2c1op(Oc1cccc(Op3oc4c(C)ccc(C)c4c4c(C)ccc(C)c4o3)c1-c1c(Op3oc4c(C)ccc(C)c4c4c(C)ccc(C)c4o3)cccc1Op1oc3c(C)ccc(C)c3c3c(C)ccc(C)c3o1)oc1c(C)ccc(C)c12. The molecule has 0 saturated carbocycles. The van der Waals surface area contributed by atoms with Gasteiger partial charge in [-0.2, -0.15) is 0 Å². The topological polar surface area (TPSA) is 142 Å². The minimum Gasteiger partial charge on any atom is -0.390 e. The first kappa shape index (κ1) is 60.6. The first-order chi connectivity index (χ1) is 44.2. The fourth-order valence-electron chi connectivity index (χ4n) is 12.7. The minimum atomic E-state index is -2.32. The van der Waals surface area contributed by atoms with E-state index in [2.05, 4.69) is 152 Å². The first-order valence-electron chi connectivity index (χ1n) is 30.7. The Morgan fingerprint density at radius 2 is 0.315 bits per heavy atom. The van der Waals surface area contributed by atoms with Crippen LogP contribution in [0.1, 0.15) is 89.0 Å². The molecule has 0 amide bonds. The Kier molecular flexibility index (Phi) is 15.5. The summed E-state index contributed by atoms with van der Waals surface area (Å²) in [5, 5.41) is 7.54. The average molecular weight is 1300 g/mol. The number of benzene rings is 10. The van der Waals surface area contributed by atoms with Crippen molar-refractivity contribution in [2.24, 2.45) is 0 Å². The number of hydrogen-bond donors (Lipinski definition) is 0. The summed E-state index contributed by atoms with van der Waals surface area (Å²) in [5.74, 6) is 1.14. The normalized spacial score (nSPS) is 11.7. The summed E-state index contributed by atoms with van der Waals surface area (Å²) in [4.78, 5) is 0. The molecule has 4 heterocycles. The van der Waals surface area contributed by atoms with Crippen molar-refractivity contribution < 1.29 is 51.7 Å². The van der Waals surface area contributed by atoms with Gasteiger partial charge in [0.05, 0.1) is 11.1 Å². The Hall–Kier alpha value is -9.00. The molecule has 14 aromatic rings. The van der Waals surface area contributed by atoms with Gasteiger partial charge in [0.15, 0.2) is 0 Å². The van der Waals surface area contributed by atoms with Gasteiger partial charge in [-0.15, -0.1) is 0 Å². The quantitative estimate of drug-likeness (QED) is 0.136. The molecule has 0 spiro atoms. The molecule has 4 aromatic heterocycles. The van der Waals surface area contributed by atoms with Gasteiger partial charge in [0.1, 0.15) is 67.7 Å². The number of fused-ring (bicyclic) bond motifs is 12. The molecule has 0 unspecified atom stereocenters. The van der Waals surface area contributed by atoms with E-state index in [4.69, 9.17) is 51.7 Å². The average Bonchev–Trinajstić information content (AvgIpc) is 1.57. The summed E-state index contributed by atoms with van der Waals surface area (Å²) in [5.41, 5.74) is 21.6. The largest absolute Gasteiger partial charge is 0.453 e. The summed E-state index contributed by atoms with van der Waals surface area (Å²) >= 11 is 0. The molecule has 92 heavy (non-hydrogen) atoms. The molecule has 16 heteroatoms. The molecule has 0 aliphatic carbocycles. The van der Waals surface area contributed by atoms with Crippen LogP contribution in [0.15, 0.2) is 167 Å². The second kappa shape index (κ2) is 23.6. The van der Waals surface area contributed by atoms with Crippen molar-refractivity contribution >= 4 is 121 Å². The molecular weight excluding hydrogens is 1230 g/mol. The van der Waals surface area contributed by atoms with Crippen molar-refractivity contribution in [2.45, 2.75) is 111 Å². The smallest absolute Gasteiger partial charge is 0.390 e. The third-order valence-electron chi connectivity index (χ3n) is 17.7. The van der Waals surface area contributed by atoms with Crippen LogP contribution < -0.4 is 18.1 Å². The van der Waals surface area contributed by atoms with Crippen LogP contribution >= 0.6 is 33.0 Å². The second-order valence-corrected chi connectivity index (χ2v) is 28.5. The zero-order valence-corrected chi connectivity index (χ0v) is 58.0. The van der Waals surface area contributed by atoms with E-state index < -0.39 is 33.0 Å². The maximum Gasteiger partial charge on any atom is 0.453 e. The van der Waals surface area contributed by atoms with E-state index >= 15 is 0 Å². The lowest BCUT2D eigenvalue weighted by atomic mass is 9.99. The van der Waals surface area contributed by atoms with Crippen molar-refractivity contribution in [3.63, 3.8) is 0 Å². The monoisotopic (exact) mass is 1300 g/mol. The van der Waals surface area contributed by atoms with Gasteiger partial charge in [-0.1, -0.05) is 109 Å². The zero-order chi connectivity index (χ0) is 64.3. The van der Waals surface area contributed by atoms with Crippen molar-refractivity contribution in [1.29, 1.82) is 0 Å². The van der Waals surface area contributed by atoms with Crippen LogP contribution in [0.25, 0.3) is 98.9 Å². The Morgan fingerprint density at radius 1 is 0.185 bits per heavy atom. The lowest BCUT2D eigenvalue weighted by Crippen LogP contribution is -1.95. The van der Waals surface area contributed by atoms with E-state index in [0.29, 0.717) is 55.8 Å². The van der Waals surface area contributed by atoms with Crippen LogP contribution in [0.3, 0.4) is 0 Å². The van der Waals surface area contributed by atoms with E-state index in [-0.39, 0.29) is 23.0 Å². The van der Waals surface area contributed by atoms with E-state index in [1.165, 1.54) is 0 Å². The van der Waals surface area contributed by atoms with E-state index in [9.17, 15) is 0 Å². The van der Waals surface area contributed by atoms with Gasteiger partial charge in [0.2, 0.25) is 0 Å². The van der Waals surface area contributed by atoms with Crippen LogP contribution in [0, 0.1) is 111 Å². The van der Waals surface area contributed by atoms with Gasteiger partial charge < -0.3 is 51.7 Å². The Bertz CT molecular complexity index is 4670. The van der Waals surface area contributed by atoms with Crippen LogP contribution in [0.5, 0.6) is 23.0 Å². The number of rotatable bonds is 9. The van der Waals surface area contributed by atoms with Crippen LogP contribution in [0.2, 0.25) is 0 Å². The molecule has 466 valence electrons. The second-order valence-electron chi connectivity index (χ2n) is 24.5. The highest BCUT2D eigenvalue weighted by atomic mass is 31.1. The summed E-state index contributed by atoms with van der Waals surface area (Å²) in [6, 6.07) is 44.7. The Morgan fingerprint density at radius 3 is 0.457 bits per heavy atom. The predicted molar refractivity (Wildman–Crippen MR) is 377 cm³/mol.